The van der Waals surface area contributed by atoms with Crippen molar-refractivity contribution in [1.29, 1.82) is 0 Å². The molecule has 0 saturated carbocycles. The molecule has 0 spiro atoms. The molecule has 8 nitrogen and oxygen atoms in total. The van der Waals surface area contributed by atoms with E-state index in [4.69, 9.17) is 11.6 Å². The lowest BCUT2D eigenvalue weighted by atomic mass is 10.1. The van der Waals surface area contributed by atoms with Gasteiger partial charge in [0.05, 0.1) is 15.5 Å². The highest BCUT2D eigenvalue weighted by molar-refractivity contribution is 7.92. The quantitative estimate of drug-likeness (QED) is 0.602. The molecular weight excluding hydrogens is 390 g/mol. The van der Waals surface area contributed by atoms with Crippen molar-refractivity contribution >= 4 is 39.2 Å². The van der Waals surface area contributed by atoms with E-state index in [1.165, 1.54) is 24.5 Å². The van der Waals surface area contributed by atoms with Crippen LogP contribution in [0.2, 0.25) is 5.02 Å². The number of aromatic amines is 1. The molecule has 3 rings (SSSR count). The number of anilines is 2. The van der Waals surface area contributed by atoms with Gasteiger partial charge in [-0.05, 0) is 55.3 Å². The van der Waals surface area contributed by atoms with E-state index in [0.29, 0.717) is 5.69 Å². The fraction of sp³-hybridized carbons (Fsp3) is 0.118. The number of benzene rings is 2. The van der Waals surface area contributed by atoms with Gasteiger partial charge in [0, 0.05) is 5.69 Å². The largest absolute Gasteiger partial charge is 0.291 e. The van der Waals surface area contributed by atoms with Gasteiger partial charge in [0.2, 0.25) is 5.95 Å². The lowest BCUT2D eigenvalue weighted by Crippen LogP contribution is -2.17. The van der Waals surface area contributed by atoms with Crippen molar-refractivity contribution in [3.8, 4) is 0 Å². The Balaban J connectivity index is 1.89. The Hall–Kier alpha value is -2.91. The van der Waals surface area contributed by atoms with E-state index in [1.807, 2.05) is 19.9 Å². The fourth-order valence-electron chi connectivity index (χ4n) is 2.31. The zero-order valence-electron chi connectivity index (χ0n) is 14.4. The summed E-state index contributed by atoms with van der Waals surface area (Å²) in [6, 6.07) is 9.12. The summed E-state index contributed by atoms with van der Waals surface area (Å²) in [6.45, 7) is 3.83. The Morgan fingerprint density at radius 2 is 1.89 bits per heavy atom. The zero-order chi connectivity index (χ0) is 19.6. The Bertz CT molecular complexity index is 1100. The van der Waals surface area contributed by atoms with Gasteiger partial charge in [-0.1, -0.05) is 17.7 Å². The first kappa shape index (κ1) is 18.9. The van der Waals surface area contributed by atoms with E-state index < -0.39 is 15.9 Å². The van der Waals surface area contributed by atoms with E-state index in [9.17, 15) is 13.2 Å². The van der Waals surface area contributed by atoms with E-state index >= 15 is 0 Å². The first-order valence-corrected chi connectivity index (χ1v) is 9.69. The van der Waals surface area contributed by atoms with Crippen LogP contribution in [0.5, 0.6) is 0 Å². The van der Waals surface area contributed by atoms with Crippen molar-refractivity contribution in [3.05, 3.63) is 64.4 Å². The zero-order valence-corrected chi connectivity index (χ0v) is 16.0. The lowest BCUT2D eigenvalue weighted by Gasteiger charge is -2.11. The number of nitrogens with one attached hydrogen (secondary N) is 3. The van der Waals surface area contributed by atoms with Gasteiger partial charge in [0.1, 0.15) is 6.33 Å². The second-order valence-electron chi connectivity index (χ2n) is 5.83. The minimum Gasteiger partial charge on any atom is -0.291 e. The molecular formula is C17H16ClN5O3S. The van der Waals surface area contributed by atoms with Crippen LogP contribution >= 0.6 is 11.6 Å². The second kappa shape index (κ2) is 7.37. The summed E-state index contributed by atoms with van der Waals surface area (Å²) < 4.78 is 27.9. The second-order valence-corrected chi connectivity index (χ2v) is 7.92. The number of carbonyl (C=O) groups excluding carboxylic acids is 1. The number of aryl methyl sites for hydroxylation is 2. The number of carbonyl (C=O) groups is 1. The van der Waals surface area contributed by atoms with E-state index in [0.717, 1.165) is 11.1 Å². The molecule has 0 saturated heterocycles. The van der Waals surface area contributed by atoms with Crippen LogP contribution < -0.4 is 10.0 Å². The first-order valence-electron chi connectivity index (χ1n) is 7.82. The number of hydrogen-bond donors (Lipinski definition) is 3. The van der Waals surface area contributed by atoms with Crippen molar-refractivity contribution < 1.29 is 13.2 Å². The molecule has 0 aliphatic rings. The van der Waals surface area contributed by atoms with Crippen molar-refractivity contribution in [1.82, 2.24) is 15.2 Å². The normalized spacial score (nSPS) is 11.2. The van der Waals surface area contributed by atoms with Crippen LogP contribution in [-0.2, 0) is 10.0 Å². The van der Waals surface area contributed by atoms with Crippen molar-refractivity contribution in [2.75, 3.05) is 10.0 Å². The van der Waals surface area contributed by atoms with Crippen LogP contribution in [0.1, 0.15) is 21.5 Å². The standard InChI is InChI=1S/C17H16ClN5O3S/c1-10-3-4-12(7-11(10)2)23-27(25,26)13-5-6-15(18)14(8-13)16(24)21-17-19-9-20-22-17/h3-9,23H,1-2H3,(H2,19,20,21,22,24). The predicted octanol–water partition coefficient (Wildman–Crippen LogP) is 3.13. The molecule has 0 bridgehead atoms. The molecule has 3 aromatic rings. The van der Waals surface area contributed by atoms with Gasteiger partial charge < -0.3 is 0 Å². The van der Waals surface area contributed by atoms with Crippen LogP contribution in [0, 0.1) is 13.8 Å². The molecule has 27 heavy (non-hydrogen) atoms. The maximum Gasteiger partial charge on any atom is 0.261 e. The van der Waals surface area contributed by atoms with Gasteiger partial charge in [-0.3, -0.25) is 14.8 Å². The number of rotatable bonds is 5. The minimum atomic E-state index is -3.90. The molecule has 10 heteroatoms. The molecule has 1 amide bonds. The number of hydrogen-bond acceptors (Lipinski definition) is 5. The molecule has 140 valence electrons. The van der Waals surface area contributed by atoms with Crippen molar-refractivity contribution in [2.45, 2.75) is 18.7 Å². The van der Waals surface area contributed by atoms with Crippen LogP contribution in [0.25, 0.3) is 0 Å². The summed E-state index contributed by atoms with van der Waals surface area (Å²) >= 11 is 6.06. The van der Waals surface area contributed by atoms with Crippen LogP contribution in [0.3, 0.4) is 0 Å². The van der Waals surface area contributed by atoms with Gasteiger partial charge in [0.25, 0.3) is 15.9 Å². The molecule has 1 aromatic heterocycles. The Morgan fingerprint density at radius 3 is 2.56 bits per heavy atom. The Kier molecular flexibility index (Phi) is 5.15. The summed E-state index contributed by atoms with van der Waals surface area (Å²) in [5.41, 5.74) is 2.44. The lowest BCUT2D eigenvalue weighted by molar-refractivity contribution is 0.102. The summed E-state index contributed by atoms with van der Waals surface area (Å²) in [5.74, 6) is -0.488. The molecule has 0 aliphatic carbocycles. The minimum absolute atomic E-state index is 0.00368. The summed E-state index contributed by atoms with van der Waals surface area (Å²) in [6.07, 6.45) is 1.23. The number of sulfonamides is 1. The number of amides is 1. The highest BCUT2D eigenvalue weighted by atomic mass is 35.5. The Labute approximate surface area is 161 Å². The molecule has 0 atom stereocenters. The topological polar surface area (TPSA) is 117 Å². The third-order valence-electron chi connectivity index (χ3n) is 3.90. The van der Waals surface area contributed by atoms with E-state index in [2.05, 4.69) is 25.2 Å². The first-order chi connectivity index (χ1) is 12.8. The molecule has 0 unspecified atom stereocenters. The predicted molar refractivity (Wildman–Crippen MR) is 103 cm³/mol. The molecule has 2 aromatic carbocycles. The van der Waals surface area contributed by atoms with E-state index in [1.54, 1.807) is 12.1 Å². The maximum atomic E-state index is 12.7. The number of H-pyrrole nitrogens is 1. The Morgan fingerprint density at radius 1 is 1.11 bits per heavy atom. The average Bonchev–Trinajstić information content (AvgIpc) is 3.11. The summed E-state index contributed by atoms with van der Waals surface area (Å²) in [4.78, 5) is 16.0. The third kappa shape index (κ3) is 4.26. The summed E-state index contributed by atoms with van der Waals surface area (Å²) in [7, 11) is -3.90. The van der Waals surface area contributed by atoms with Crippen molar-refractivity contribution in [2.24, 2.45) is 0 Å². The van der Waals surface area contributed by atoms with Gasteiger partial charge in [-0.15, -0.1) is 0 Å². The van der Waals surface area contributed by atoms with Crippen LogP contribution in [0.4, 0.5) is 11.6 Å². The molecule has 0 radical (unpaired) electrons. The van der Waals surface area contributed by atoms with Gasteiger partial charge >= 0.3 is 0 Å². The number of halogens is 1. The fourth-order valence-corrected chi connectivity index (χ4v) is 3.58. The van der Waals surface area contributed by atoms with E-state index in [-0.39, 0.29) is 21.4 Å². The third-order valence-corrected chi connectivity index (χ3v) is 5.61. The molecule has 3 N–H and O–H groups in total. The van der Waals surface area contributed by atoms with Gasteiger partial charge in [0.15, 0.2) is 0 Å². The van der Waals surface area contributed by atoms with Crippen LogP contribution in [-0.4, -0.2) is 29.5 Å². The summed E-state index contributed by atoms with van der Waals surface area (Å²) in [5, 5.41) is 8.66. The SMILES string of the molecule is Cc1ccc(NS(=O)(=O)c2ccc(Cl)c(C(=O)Nc3ncn[nH]3)c2)cc1C. The molecule has 0 fully saturated rings. The van der Waals surface area contributed by atoms with Gasteiger partial charge in [-0.25, -0.2) is 13.5 Å². The van der Waals surface area contributed by atoms with Crippen molar-refractivity contribution in [3.63, 3.8) is 0 Å². The number of aromatic nitrogens is 3. The van der Waals surface area contributed by atoms with Gasteiger partial charge in [-0.2, -0.15) is 10.1 Å². The molecule has 1 heterocycles. The highest BCUT2D eigenvalue weighted by Gasteiger charge is 2.19. The maximum absolute atomic E-state index is 12.7. The highest BCUT2D eigenvalue weighted by Crippen LogP contribution is 2.24. The number of nitrogens with zero attached hydrogens (tertiary/aromatic N) is 2. The monoisotopic (exact) mass is 405 g/mol. The smallest absolute Gasteiger partial charge is 0.261 e. The molecule has 0 aliphatic heterocycles. The average molecular weight is 406 g/mol. The van der Waals surface area contributed by atoms with Crippen LogP contribution in [0.15, 0.2) is 47.6 Å².